The topological polar surface area (TPSA) is 80.4 Å². The van der Waals surface area contributed by atoms with Crippen molar-refractivity contribution in [3.8, 4) is 0 Å². The fourth-order valence-electron chi connectivity index (χ4n) is 0.122. The van der Waals surface area contributed by atoms with Gasteiger partial charge in [0.25, 0.3) is 10.1 Å². The third kappa shape index (κ3) is 2.80. The van der Waals surface area contributed by atoms with E-state index in [4.69, 9.17) is 10.3 Å². The Morgan fingerprint density at radius 2 is 2.12 bits per heavy atom. The smallest absolute Gasteiger partial charge is 0.278 e. The second-order valence-corrected chi connectivity index (χ2v) is 5.11. The van der Waals surface area contributed by atoms with Crippen molar-refractivity contribution in [3.63, 3.8) is 0 Å². The summed E-state index contributed by atoms with van der Waals surface area (Å²) in [4.78, 5) is 0. The molecule has 4 nitrogen and oxygen atoms in total. The van der Waals surface area contributed by atoms with Crippen LogP contribution in [-0.4, -0.2) is 22.8 Å². The van der Waals surface area contributed by atoms with Gasteiger partial charge in [0.05, 0.1) is 0 Å². The molecule has 0 aromatic carbocycles. The summed E-state index contributed by atoms with van der Waals surface area (Å²) < 4.78 is 27.4. The van der Waals surface area contributed by atoms with E-state index < -0.39 is 13.4 Å². The van der Waals surface area contributed by atoms with Gasteiger partial charge in [-0.05, 0) is 0 Å². The van der Waals surface area contributed by atoms with Gasteiger partial charge in [-0.1, -0.05) is 22.6 Å². The van der Waals surface area contributed by atoms with Crippen LogP contribution in [0.2, 0.25) is 0 Å². The molecule has 0 spiro atoms. The first-order valence-corrected chi connectivity index (χ1v) is 4.54. The van der Waals surface area contributed by atoms with Crippen molar-refractivity contribution >= 4 is 32.7 Å². The first-order chi connectivity index (χ1) is 3.48. The van der Waals surface area contributed by atoms with E-state index in [0.717, 1.165) is 0 Å². The standard InChI is InChI=1S/C2H6INO3S/c3-2(1-4)8(5,6)7/h2H,1,4H2,(H,5,6,7). The molecule has 1 atom stereocenters. The molecule has 0 aliphatic rings. The highest BCUT2D eigenvalue weighted by Crippen LogP contribution is 2.04. The Morgan fingerprint density at radius 1 is 1.75 bits per heavy atom. The average molecular weight is 251 g/mol. The van der Waals surface area contributed by atoms with Crippen molar-refractivity contribution in [3.05, 3.63) is 0 Å². The number of hydrogen-bond acceptors (Lipinski definition) is 3. The van der Waals surface area contributed by atoms with Crippen molar-refractivity contribution < 1.29 is 13.0 Å². The number of hydrogen-bond donors (Lipinski definition) is 2. The largest absolute Gasteiger partial charge is 0.328 e. The molecule has 50 valence electrons. The zero-order valence-corrected chi connectivity index (χ0v) is 6.89. The zero-order valence-electron chi connectivity index (χ0n) is 3.91. The summed E-state index contributed by atoms with van der Waals surface area (Å²) in [6.07, 6.45) is 0. The molecule has 0 aromatic heterocycles. The first kappa shape index (κ1) is 8.60. The molecular formula is C2H6INO3S. The molecular weight excluding hydrogens is 245 g/mol. The Morgan fingerprint density at radius 3 is 2.12 bits per heavy atom. The molecule has 0 fully saturated rings. The Labute approximate surface area is 61.3 Å². The predicted molar refractivity (Wildman–Crippen MR) is 38.4 cm³/mol. The lowest BCUT2D eigenvalue weighted by Gasteiger charge is -1.98. The van der Waals surface area contributed by atoms with E-state index >= 15 is 0 Å². The van der Waals surface area contributed by atoms with Gasteiger partial charge >= 0.3 is 0 Å². The molecule has 0 amide bonds. The molecule has 0 radical (unpaired) electrons. The monoisotopic (exact) mass is 251 g/mol. The molecule has 0 aliphatic carbocycles. The van der Waals surface area contributed by atoms with Crippen molar-refractivity contribution in [1.29, 1.82) is 0 Å². The van der Waals surface area contributed by atoms with E-state index in [1.165, 1.54) is 0 Å². The van der Waals surface area contributed by atoms with Crippen LogP contribution in [-0.2, 0) is 10.1 Å². The van der Waals surface area contributed by atoms with Gasteiger partial charge in [0.1, 0.15) is 3.26 Å². The molecule has 3 N–H and O–H groups in total. The molecule has 0 rings (SSSR count). The van der Waals surface area contributed by atoms with Crippen LogP contribution in [0.25, 0.3) is 0 Å². The van der Waals surface area contributed by atoms with Crippen LogP contribution >= 0.6 is 22.6 Å². The van der Waals surface area contributed by atoms with E-state index in [1.807, 2.05) is 0 Å². The van der Waals surface area contributed by atoms with Gasteiger partial charge in [0.15, 0.2) is 0 Å². The highest BCUT2D eigenvalue weighted by molar-refractivity contribution is 14.1. The van der Waals surface area contributed by atoms with Crippen LogP contribution in [0.5, 0.6) is 0 Å². The maximum absolute atomic E-state index is 10.0. The summed E-state index contributed by atoms with van der Waals surface area (Å²) in [5.74, 6) is 0. The molecule has 0 aromatic rings. The van der Waals surface area contributed by atoms with E-state index in [-0.39, 0.29) is 6.54 Å². The van der Waals surface area contributed by atoms with E-state index in [2.05, 4.69) is 0 Å². The highest BCUT2D eigenvalue weighted by atomic mass is 127. The van der Waals surface area contributed by atoms with E-state index in [9.17, 15) is 8.42 Å². The minimum absolute atomic E-state index is 0.0562. The summed E-state index contributed by atoms with van der Waals surface area (Å²) in [5, 5.41) is 0. The lowest BCUT2D eigenvalue weighted by molar-refractivity contribution is 0.482. The lowest BCUT2D eigenvalue weighted by Crippen LogP contribution is -2.22. The summed E-state index contributed by atoms with van der Waals surface area (Å²) >= 11 is 1.55. The summed E-state index contributed by atoms with van der Waals surface area (Å²) in [6.45, 7) is -0.0562. The zero-order chi connectivity index (χ0) is 6.78. The van der Waals surface area contributed by atoms with Crippen LogP contribution in [0.4, 0.5) is 0 Å². The number of alkyl halides is 1. The van der Waals surface area contributed by atoms with Crippen LogP contribution in [0.3, 0.4) is 0 Å². The van der Waals surface area contributed by atoms with Crippen molar-refractivity contribution in [2.75, 3.05) is 6.54 Å². The predicted octanol–water partition coefficient (Wildman–Crippen LogP) is -0.406. The van der Waals surface area contributed by atoms with Crippen molar-refractivity contribution in [2.24, 2.45) is 5.73 Å². The second kappa shape index (κ2) is 2.95. The maximum Gasteiger partial charge on any atom is 0.278 e. The Kier molecular flexibility index (Phi) is 3.17. The lowest BCUT2D eigenvalue weighted by atomic mass is 10.8. The first-order valence-electron chi connectivity index (χ1n) is 1.79. The quantitative estimate of drug-likeness (QED) is 0.397. The number of nitrogens with two attached hydrogens (primary N) is 1. The van der Waals surface area contributed by atoms with Crippen LogP contribution in [0.15, 0.2) is 0 Å². The maximum atomic E-state index is 10.0. The Hall–Kier alpha value is 0.600. The minimum atomic E-state index is -3.89. The summed E-state index contributed by atoms with van der Waals surface area (Å²) in [7, 11) is -3.89. The fourth-order valence-corrected chi connectivity index (χ4v) is 0.365. The van der Waals surface area contributed by atoms with E-state index in [1.54, 1.807) is 22.6 Å². The third-order valence-corrected chi connectivity index (χ3v) is 3.78. The normalized spacial score (nSPS) is 15.9. The molecule has 8 heavy (non-hydrogen) atoms. The van der Waals surface area contributed by atoms with Gasteiger partial charge in [0, 0.05) is 6.54 Å². The fraction of sp³-hybridized carbons (Fsp3) is 1.00. The molecule has 0 heterocycles. The minimum Gasteiger partial charge on any atom is -0.328 e. The van der Waals surface area contributed by atoms with Crippen LogP contribution < -0.4 is 5.73 Å². The van der Waals surface area contributed by atoms with Gasteiger partial charge in [0.2, 0.25) is 0 Å². The average Bonchev–Trinajstić information content (AvgIpc) is 1.62. The SMILES string of the molecule is NCC(I)S(=O)(=O)O. The molecule has 0 saturated carbocycles. The van der Waals surface area contributed by atoms with Gasteiger partial charge < -0.3 is 5.73 Å². The summed E-state index contributed by atoms with van der Waals surface area (Å²) in [6, 6.07) is 0. The van der Waals surface area contributed by atoms with E-state index in [0.29, 0.717) is 0 Å². The van der Waals surface area contributed by atoms with Gasteiger partial charge in [-0.2, -0.15) is 8.42 Å². The van der Waals surface area contributed by atoms with Crippen molar-refractivity contribution in [2.45, 2.75) is 3.26 Å². The molecule has 0 aliphatic heterocycles. The molecule has 1 unspecified atom stereocenters. The number of halogens is 1. The van der Waals surface area contributed by atoms with Gasteiger partial charge in [-0.3, -0.25) is 4.55 Å². The molecule has 0 bridgehead atoms. The summed E-state index contributed by atoms with van der Waals surface area (Å²) in [5.41, 5.74) is 4.91. The Balaban J connectivity index is 4.04. The number of rotatable bonds is 2. The van der Waals surface area contributed by atoms with Crippen molar-refractivity contribution in [1.82, 2.24) is 0 Å². The highest BCUT2D eigenvalue weighted by Gasteiger charge is 2.15. The third-order valence-electron chi connectivity index (χ3n) is 0.509. The molecule has 0 saturated heterocycles. The second-order valence-electron chi connectivity index (χ2n) is 1.16. The van der Waals surface area contributed by atoms with Crippen LogP contribution in [0.1, 0.15) is 0 Å². The molecule has 6 heteroatoms. The van der Waals surface area contributed by atoms with Gasteiger partial charge in [-0.25, -0.2) is 0 Å². The Bertz CT molecular complexity index is 153. The van der Waals surface area contributed by atoms with Crippen LogP contribution in [0, 0.1) is 0 Å². The van der Waals surface area contributed by atoms with Gasteiger partial charge in [-0.15, -0.1) is 0 Å².